The van der Waals surface area contributed by atoms with Crippen molar-refractivity contribution >= 4 is 11.8 Å². The van der Waals surface area contributed by atoms with Gasteiger partial charge in [-0.05, 0) is 42.0 Å². The first-order chi connectivity index (χ1) is 15.1. The van der Waals surface area contributed by atoms with E-state index in [1.54, 1.807) is 0 Å². The van der Waals surface area contributed by atoms with Crippen LogP contribution in [0.1, 0.15) is 41.4 Å². The number of oxazole rings is 1. The molecule has 1 saturated heterocycles. The summed E-state index contributed by atoms with van der Waals surface area (Å²) in [5.41, 5.74) is 3.12. The maximum absolute atomic E-state index is 12.6. The number of nitrogens with zero attached hydrogens (tertiary/aromatic N) is 2. The quantitative estimate of drug-likeness (QED) is 0.656. The third-order valence-electron chi connectivity index (χ3n) is 5.69. The Morgan fingerprint density at radius 1 is 1.03 bits per heavy atom. The number of benzene rings is 2. The molecule has 0 radical (unpaired) electrons. The number of rotatable bonds is 6. The first-order valence-corrected chi connectivity index (χ1v) is 10.7. The summed E-state index contributed by atoms with van der Waals surface area (Å²) < 4.78 is 5.56. The van der Waals surface area contributed by atoms with Crippen LogP contribution < -0.4 is 5.32 Å². The zero-order chi connectivity index (χ0) is 21.6. The summed E-state index contributed by atoms with van der Waals surface area (Å²) in [7, 11) is 0. The maximum Gasteiger partial charge on any atom is 0.275 e. The fraction of sp³-hybridized carbons (Fsp3) is 0.320. The normalized spacial score (nSPS) is 14.4. The molecule has 2 amide bonds. The summed E-state index contributed by atoms with van der Waals surface area (Å²) in [6, 6.07) is 17.3. The van der Waals surface area contributed by atoms with Gasteiger partial charge in [0.1, 0.15) is 6.26 Å². The van der Waals surface area contributed by atoms with Gasteiger partial charge in [0.15, 0.2) is 5.69 Å². The molecule has 31 heavy (non-hydrogen) atoms. The number of nitrogens with one attached hydrogen (secondary N) is 1. The SMILES string of the molecule is CC1CCN(C(=O)c2coc(-c3ccc(CNC(=O)Cc4ccccc4)cc3)n2)CC1. The smallest absolute Gasteiger partial charge is 0.275 e. The van der Waals surface area contributed by atoms with Crippen LogP contribution in [0.15, 0.2) is 65.3 Å². The lowest BCUT2D eigenvalue weighted by molar-refractivity contribution is -0.120. The molecule has 3 aromatic rings. The van der Waals surface area contributed by atoms with Crippen LogP contribution in [0.4, 0.5) is 0 Å². The second-order valence-corrected chi connectivity index (χ2v) is 8.15. The molecule has 0 unspecified atom stereocenters. The average Bonchev–Trinajstić information content (AvgIpc) is 3.29. The molecule has 4 rings (SSSR count). The van der Waals surface area contributed by atoms with Crippen molar-refractivity contribution in [1.82, 2.24) is 15.2 Å². The summed E-state index contributed by atoms with van der Waals surface area (Å²) in [6.07, 6.45) is 3.86. The topological polar surface area (TPSA) is 75.4 Å². The molecule has 1 aromatic heterocycles. The summed E-state index contributed by atoms with van der Waals surface area (Å²) in [5.74, 6) is 1.00. The number of hydrogen-bond acceptors (Lipinski definition) is 4. The van der Waals surface area contributed by atoms with E-state index in [1.807, 2.05) is 59.5 Å². The molecule has 6 heteroatoms. The lowest BCUT2D eigenvalue weighted by Crippen LogP contribution is -2.38. The third kappa shape index (κ3) is 5.40. The van der Waals surface area contributed by atoms with Gasteiger partial charge in [-0.3, -0.25) is 9.59 Å². The van der Waals surface area contributed by atoms with Gasteiger partial charge >= 0.3 is 0 Å². The van der Waals surface area contributed by atoms with E-state index in [0.29, 0.717) is 30.5 Å². The van der Waals surface area contributed by atoms with E-state index in [0.717, 1.165) is 42.6 Å². The monoisotopic (exact) mass is 417 g/mol. The van der Waals surface area contributed by atoms with Crippen molar-refractivity contribution in [2.45, 2.75) is 32.7 Å². The highest BCUT2D eigenvalue weighted by atomic mass is 16.3. The van der Waals surface area contributed by atoms with Gasteiger partial charge in [-0.25, -0.2) is 4.98 Å². The van der Waals surface area contributed by atoms with Crippen molar-refractivity contribution in [1.29, 1.82) is 0 Å². The first-order valence-electron chi connectivity index (χ1n) is 10.7. The minimum Gasteiger partial charge on any atom is -0.444 e. The van der Waals surface area contributed by atoms with E-state index in [1.165, 1.54) is 6.26 Å². The number of aromatic nitrogens is 1. The van der Waals surface area contributed by atoms with E-state index in [4.69, 9.17) is 4.42 Å². The standard InChI is InChI=1S/C25H27N3O3/c1-18-11-13-28(14-12-18)25(30)22-17-31-24(27-22)21-9-7-20(8-10-21)16-26-23(29)15-19-5-3-2-4-6-19/h2-10,17-18H,11-16H2,1H3,(H,26,29). The van der Waals surface area contributed by atoms with Gasteiger partial charge in [-0.2, -0.15) is 0 Å². The van der Waals surface area contributed by atoms with Crippen molar-refractivity contribution in [3.63, 3.8) is 0 Å². The Kier molecular flexibility index (Phi) is 6.46. The van der Waals surface area contributed by atoms with Crippen molar-refractivity contribution in [3.8, 4) is 11.5 Å². The van der Waals surface area contributed by atoms with Crippen molar-refractivity contribution in [2.75, 3.05) is 13.1 Å². The molecule has 1 aliphatic rings. The molecule has 1 aliphatic heterocycles. The Hall–Kier alpha value is -3.41. The van der Waals surface area contributed by atoms with Gasteiger partial charge in [0.2, 0.25) is 11.8 Å². The van der Waals surface area contributed by atoms with E-state index in [2.05, 4.69) is 17.2 Å². The lowest BCUT2D eigenvalue weighted by atomic mass is 9.99. The Balaban J connectivity index is 1.32. The van der Waals surface area contributed by atoms with Crippen LogP contribution in [0.3, 0.4) is 0 Å². The van der Waals surface area contributed by atoms with E-state index >= 15 is 0 Å². The van der Waals surface area contributed by atoms with Crippen LogP contribution in [0, 0.1) is 5.92 Å². The number of hydrogen-bond donors (Lipinski definition) is 1. The molecule has 1 fully saturated rings. The van der Waals surface area contributed by atoms with Gasteiger partial charge in [0.25, 0.3) is 5.91 Å². The van der Waals surface area contributed by atoms with Crippen LogP contribution in [0.2, 0.25) is 0 Å². The molecule has 2 aromatic carbocycles. The van der Waals surface area contributed by atoms with Crippen molar-refractivity contribution in [2.24, 2.45) is 5.92 Å². The molecular weight excluding hydrogens is 390 g/mol. The van der Waals surface area contributed by atoms with Crippen molar-refractivity contribution < 1.29 is 14.0 Å². The molecule has 0 saturated carbocycles. The average molecular weight is 418 g/mol. The zero-order valence-corrected chi connectivity index (χ0v) is 17.7. The predicted octanol–water partition coefficient (Wildman–Crippen LogP) is 4.07. The molecule has 0 bridgehead atoms. The minimum absolute atomic E-state index is 0.0155. The second-order valence-electron chi connectivity index (χ2n) is 8.15. The van der Waals surface area contributed by atoms with Crippen LogP contribution in [-0.2, 0) is 17.8 Å². The number of likely N-dealkylation sites (tertiary alicyclic amines) is 1. The largest absolute Gasteiger partial charge is 0.444 e. The maximum atomic E-state index is 12.6. The highest BCUT2D eigenvalue weighted by Crippen LogP contribution is 2.22. The van der Waals surface area contributed by atoms with Gasteiger partial charge < -0.3 is 14.6 Å². The summed E-state index contributed by atoms with van der Waals surface area (Å²) in [5, 5.41) is 2.94. The summed E-state index contributed by atoms with van der Waals surface area (Å²) in [6.45, 7) is 4.21. The van der Waals surface area contributed by atoms with Gasteiger partial charge in [-0.15, -0.1) is 0 Å². The third-order valence-corrected chi connectivity index (χ3v) is 5.69. The highest BCUT2D eigenvalue weighted by molar-refractivity contribution is 5.92. The van der Waals surface area contributed by atoms with Crippen LogP contribution >= 0.6 is 0 Å². The van der Waals surface area contributed by atoms with Crippen molar-refractivity contribution in [3.05, 3.63) is 77.7 Å². The fourth-order valence-electron chi connectivity index (χ4n) is 3.69. The summed E-state index contributed by atoms with van der Waals surface area (Å²) >= 11 is 0. The van der Waals surface area contributed by atoms with Crippen LogP contribution in [-0.4, -0.2) is 34.8 Å². The number of carbonyl (C=O) groups is 2. The zero-order valence-electron chi connectivity index (χ0n) is 17.7. The van der Waals surface area contributed by atoms with E-state index < -0.39 is 0 Å². The Bertz CT molecular complexity index is 1020. The molecule has 0 spiro atoms. The Morgan fingerprint density at radius 2 is 1.74 bits per heavy atom. The Labute approximate surface area is 182 Å². The molecule has 1 N–H and O–H groups in total. The first kappa shape index (κ1) is 20.8. The van der Waals surface area contributed by atoms with Gasteiger partial charge in [0, 0.05) is 25.2 Å². The number of carbonyl (C=O) groups excluding carboxylic acids is 2. The minimum atomic E-state index is -0.0698. The fourth-order valence-corrected chi connectivity index (χ4v) is 3.69. The molecule has 0 atom stereocenters. The van der Waals surface area contributed by atoms with E-state index in [9.17, 15) is 9.59 Å². The number of amides is 2. The summed E-state index contributed by atoms with van der Waals surface area (Å²) in [4.78, 5) is 31.0. The predicted molar refractivity (Wildman–Crippen MR) is 118 cm³/mol. The van der Waals surface area contributed by atoms with E-state index in [-0.39, 0.29) is 11.8 Å². The highest BCUT2D eigenvalue weighted by Gasteiger charge is 2.24. The molecular formula is C25H27N3O3. The van der Waals surface area contributed by atoms with Gasteiger partial charge in [0.05, 0.1) is 6.42 Å². The molecule has 2 heterocycles. The van der Waals surface area contributed by atoms with Crippen LogP contribution in [0.5, 0.6) is 0 Å². The molecule has 160 valence electrons. The van der Waals surface area contributed by atoms with Gasteiger partial charge in [-0.1, -0.05) is 49.4 Å². The lowest BCUT2D eigenvalue weighted by Gasteiger charge is -2.29. The molecule has 0 aliphatic carbocycles. The van der Waals surface area contributed by atoms with Crippen LogP contribution in [0.25, 0.3) is 11.5 Å². The Morgan fingerprint density at radius 3 is 2.45 bits per heavy atom. The molecule has 6 nitrogen and oxygen atoms in total. The number of piperidine rings is 1. The second kappa shape index (κ2) is 9.60.